The number of benzene rings is 3. The van der Waals surface area contributed by atoms with Crippen molar-refractivity contribution in [2.24, 2.45) is 0 Å². The Morgan fingerprint density at radius 2 is 1.28 bits per heavy atom. The Bertz CT molecular complexity index is 842. The van der Waals surface area contributed by atoms with E-state index in [-0.39, 0.29) is 5.91 Å². The van der Waals surface area contributed by atoms with Crippen LogP contribution in [0.25, 0.3) is 11.1 Å². The molecule has 25 heavy (non-hydrogen) atoms. The van der Waals surface area contributed by atoms with E-state index in [9.17, 15) is 4.79 Å². The molecule has 0 aliphatic carbocycles. The smallest absolute Gasteiger partial charge is 0.238 e. The summed E-state index contributed by atoms with van der Waals surface area (Å²) in [5.41, 5.74) is 5.90. The third-order valence-electron chi connectivity index (χ3n) is 4.54. The van der Waals surface area contributed by atoms with Gasteiger partial charge in [0.15, 0.2) is 0 Å². The number of hydrogen-bond acceptors (Lipinski definition) is 2. The molecule has 3 nitrogen and oxygen atoms in total. The molecule has 0 bridgehead atoms. The molecule has 1 N–H and O–H groups in total. The topological polar surface area (TPSA) is 32.3 Å². The first-order valence-corrected chi connectivity index (χ1v) is 8.53. The second-order valence-electron chi connectivity index (χ2n) is 6.37. The van der Waals surface area contributed by atoms with Gasteiger partial charge in [0.1, 0.15) is 0 Å². The highest BCUT2D eigenvalue weighted by atomic mass is 16.2. The van der Waals surface area contributed by atoms with Crippen LogP contribution in [0.1, 0.15) is 11.1 Å². The molecule has 3 heteroatoms. The van der Waals surface area contributed by atoms with Gasteiger partial charge in [-0.15, -0.1) is 0 Å². The lowest BCUT2D eigenvalue weighted by Gasteiger charge is -2.20. The first-order valence-electron chi connectivity index (χ1n) is 8.53. The predicted octanol–water partition coefficient (Wildman–Crippen LogP) is 4.31. The number of amides is 1. The van der Waals surface area contributed by atoms with E-state index < -0.39 is 0 Å². The van der Waals surface area contributed by atoms with Gasteiger partial charge in [-0.25, -0.2) is 0 Å². The lowest BCUT2D eigenvalue weighted by molar-refractivity contribution is -0.117. The fourth-order valence-electron chi connectivity index (χ4n) is 3.42. The highest BCUT2D eigenvalue weighted by Crippen LogP contribution is 2.32. The fourth-order valence-corrected chi connectivity index (χ4v) is 3.42. The number of carbonyl (C=O) groups is 1. The van der Waals surface area contributed by atoms with E-state index in [4.69, 9.17) is 0 Å². The molecule has 4 rings (SSSR count). The predicted molar refractivity (Wildman–Crippen MR) is 101 cm³/mol. The zero-order chi connectivity index (χ0) is 17.1. The minimum atomic E-state index is 0.0167. The molecule has 1 heterocycles. The first-order chi connectivity index (χ1) is 12.3. The minimum absolute atomic E-state index is 0.0167. The second kappa shape index (κ2) is 6.91. The van der Waals surface area contributed by atoms with Crippen LogP contribution < -0.4 is 5.32 Å². The van der Waals surface area contributed by atoms with Crippen LogP contribution in [0.5, 0.6) is 0 Å². The highest BCUT2D eigenvalue weighted by molar-refractivity contribution is 5.92. The van der Waals surface area contributed by atoms with E-state index in [0.717, 1.165) is 18.8 Å². The summed E-state index contributed by atoms with van der Waals surface area (Å²) in [5, 5.41) is 2.98. The van der Waals surface area contributed by atoms with Gasteiger partial charge in [0.25, 0.3) is 0 Å². The van der Waals surface area contributed by atoms with Gasteiger partial charge < -0.3 is 5.32 Å². The summed E-state index contributed by atoms with van der Waals surface area (Å²) in [5.74, 6) is 0.0167. The van der Waals surface area contributed by atoms with Crippen LogP contribution in [0.4, 0.5) is 5.69 Å². The maximum absolute atomic E-state index is 12.5. The quantitative estimate of drug-likeness (QED) is 0.777. The van der Waals surface area contributed by atoms with Gasteiger partial charge in [-0.2, -0.15) is 0 Å². The summed E-state index contributed by atoms with van der Waals surface area (Å²) in [6.07, 6.45) is 0. The van der Waals surface area contributed by atoms with E-state index in [1.807, 2.05) is 30.3 Å². The molecular formula is C22H20N2O. The van der Waals surface area contributed by atoms with Crippen molar-refractivity contribution in [3.8, 4) is 11.1 Å². The minimum Gasteiger partial charge on any atom is -0.325 e. The van der Waals surface area contributed by atoms with Gasteiger partial charge >= 0.3 is 0 Å². The number of anilines is 1. The number of nitrogens with zero attached hydrogens (tertiary/aromatic N) is 1. The standard InChI is InChI=1S/C22H20N2O/c25-22(23-19-10-2-1-3-11-19)16-24-14-17-8-4-6-12-20(17)21-13-7-5-9-18(21)15-24/h1-13H,14-16H2,(H,23,25). The SMILES string of the molecule is O=C(CN1Cc2ccccc2-c2ccccc2C1)Nc1ccccc1. The number of carbonyl (C=O) groups excluding carboxylic acids is 1. The molecule has 1 aliphatic heterocycles. The van der Waals surface area contributed by atoms with E-state index in [1.165, 1.54) is 22.3 Å². The zero-order valence-electron chi connectivity index (χ0n) is 14.0. The Balaban J connectivity index is 1.57. The molecule has 0 unspecified atom stereocenters. The number of hydrogen-bond donors (Lipinski definition) is 1. The highest BCUT2D eigenvalue weighted by Gasteiger charge is 2.20. The van der Waals surface area contributed by atoms with Crippen LogP contribution in [0.15, 0.2) is 78.9 Å². The third-order valence-corrected chi connectivity index (χ3v) is 4.54. The third kappa shape index (κ3) is 3.47. The molecular weight excluding hydrogens is 308 g/mol. The summed E-state index contributed by atoms with van der Waals surface area (Å²) >= 11 is 0. The second-order valence-corrected chi connectivity index (χ2v) is 6.37. The maximum Gasteiger partial charge on any atom is 0.238 e. The molecule has 1 aliphatic rings. The summed E-state index contributed by atoms with van der Waals surface area (Å²) in [6, 6.07) is 26.5. The Kier molecular flexibility index (Phi) is 4.32. The molecule has 0 radical (unpaired) electrons. The lowest BCUT2D eigenvalue weighted by atomic mass is 9.97. The molecule has 1 amide bonds. The van der Waals surface area contributed by atoms with Gasteiger partial charge in [0.2, 0.25) is 5.91 Å². The monoisotopic (exact) mass is 328 g/mol. The van der Waals surface area contributed by atoms with E-state index >= 15 is 0 Å². The van der Waals surface area contributed by atoms with Crippen molar-refractivity contribution in [1.82, 2.24) is 4.90 Å². The van der Waals surface area contributed by atoms with Crippen LogP contribution in [-0.4, -0.2) is 17.4 Å². The summed E-state index contributed by atoms with van der Waals surface area (Å²) < 4.78 is 0. The van der Waals surface area contributed by atoms with Crippen LogP contribution in [0, 0.1) is 0 Å². The van der Waals surface area contributed by atoms with Crippen LogP contribution in [-0.2, 0) is 17.9 Å². The summed E-state index contributed by atoms with van der Waals surface area (Å²) in [7, 11) is 0. The molecule has 124 valence electrons. The number of fused-ring (bicyclic) bond motifs is 3. The molecule has 0 aromatic heterocycles. The Morgan fingerprint density at radius 1 is 0.760 bits per heavy atom. The van der Waals surface area contributed by atoms with E-state index in [1.54, 1.807) is 0 Å². The molecule has 3 aromatic carbocycles. The molecule has 0 spiro atoms. The van der Waals surface area contributed by atoms with Gasteiger partial charge in [0, 0.05) is 18.8 Å². The molecule has 3 aromatic rings. The van der Waals surface area contributed by atoms with E-state index in [0.29, 0.717) is 6.54 Å². The van der Waals surface area contributed by atoms with Crippen molar-refractivity contribution in [3.05, 3.63) is 90.0 Å². The van der Waals surface area contributed by atoms with Crippen LogP contribution >= 0.6 is 0 Å². The van der Waals surface area contributed by atoms with Gasteiger partial charge in [-0.3, -0.25) is 9.69 Å². The molecule has 0 saturated heterocycles. The fraction of sp³-hybridized carbons (Fsp3) is 0.136. The lowest BCUT2D eigenvalue weighted by Crippen LogP contribution is -2.32. The number of para-hydroxylation sites is 1. The first kappa shape index (κ1) is 15.6. The van der Waals surface area contributed by atoms with Crippen molar-refractivity contribution in [2.75, 3.05) is 11.9 Å². The van der Waals surface area contributed by atoms with E-state index in [2.05, 4.69) is 58.7 Å². The number of nitrogens with one attached hydrogen (secondary N) is 1. The normalized spacial score (nSPS) is 13.4. The largest absolute Gasteiger partial charge is 0.325 e. The number of rotatable bonds is 3. The Morgan fingerprint density at radius 3 is 1.88 bits per heavy atom. The van der Waals surface area contributed by atoms with Gasteiger partial charge in [-0.05, 0) is 34.4 Å². The van der Waals surface area contributed by atoms with Crippen molar-refractivity contribution < 1.29 is 4.79 Å². The van der Waals surface area contributed by atoms with Crippen molar-refractivity contribution in [1.29, 1.82) is 0 Å². The molecule has 0 atom stereocenters. The Labute approximate surface area is 147 Å². The van der Waals surface area contributed by atoms with Crippen molar-refractivity contribution in [2.45, 2.75) is 13.1 Å². The van der Waals surface area contributed by atoms with Gasteiger partial charge in [0.05, 0.1) is 6.54 Å². The zero-order valence-corrected chi connectivity index (χ0v) is 14.0. The maximum atomic E-state index is 12.5. The van der Waals surface area contributed by atoms with Crippen LogP contribution in [0.2, 0.25) is 0 Å². The molecule has 0 fully saturated rings. The Hall–Kier alpha value is -2.91. The summed E-state index contributed by atoms with van der Waals surface area (Å²) in [6.45, 7) is 1.91. The van der Waals surface area contributed by atoms with Crippen molar-refractivity contribution >= 4 is 11.6 Å². The van der Waals surface area contributed by atoms with Crippen molar-refractivity contribution in [3.63, 3.8) is 0 Å². The average Bonchev–Trinajstić information content (AvgIpc) is 2.78. The molecule has 0 saturated carbocycles. The van der Waals surface area contributed by atoms with Crippen LogP contribution in [0.3, 0.4) is 0 Å². The average molecular weight is 328 g/mol. The van der Waals surface area contributed by atoms with Gasteiger partial charge in [-0.1, -0.05) is 66.7 Å². The summed E-state index contributed by atoms with van der Waals surface area (Å²) in [4.78, 5) is 14.7.